The van der Waals surface area contributed by atoms with E-state index in [1.807, 2.05) is 90.6 Å². The van der Waals surface area contributed by atoms with Crippen LogP contribution in [0.5, 0.6) is 5.88 Å². The fourth-order valence-corrected chi connectivity index (χ4v) is 4.08. The molecule has 0 unspecified atom stereocenters. The average molecular weight is 471 g/mol. The van der Waals surface area contributed by atoms with E-state index in [1.54, 1.807) is 6.20 Å². The Morgan fingerprint density at radius 1 is 1.03 bits per heavy atom. The summed E-state index contributed by atoms with van der Waals surface area (Å²) in [5.74, 6) is 0.999. The number of halogens is 1. The number of nitrogens with one attached hydrogen (secondary N) is 1. The van der Waals surface area contributed by atoms with Gasteiger partial charge < -0.3 is 14.7 Å². The Morgan fingerprint density at radius 3 is 2.52 bits per heavy atom. The minimum absolute atomic E-state index is 0.0975. The molecule has 0 amide bonds. The molecule has 31 heavy (non-hydrogen) atoms. The molecule has 2 N–H and O–H groups in total. The second-order valence-corrected chi connectivity index (χ2v) is 8.19. The summed E-state index contributed by atoms with van der Waals surface area (Å²) in [6.45, 7) is 0. The van der Waals surface area contributed by atoms with Gasteiger partial charge >= 0.3 is 0 Å². The maximum atomic E-state index is 10.8. The van der Waals surface area contributed by atoms with E-state index < -0.39 is 0 Å². The third-order valence-electron chi connectivity index (χ3n) is 5.21. The first-order chi connectivity index (χ1) is 15.1. The molecule has 5 rings (SSSR count). The molecule has 0 spiro atoms. The summed E-state index contributed by atoms with van der Waals surface area (Å²) in [5.41, 5.74) is 4.97. The highest BCUT2D eigenvalue weighted by Gasteiger charge is 2.18. The monoisotopic (exact) mass is 470 g/mol. The second kappa shape index (κ2) is 7.89. The van der Waals surface area contributed by atoms with Gasteiger partial charge in [0.05, 0.1) is 22.5 Å². The van der Waals surface area contributed by atoms with Crippen LogP contribution < -0.4 is 0 Å². The molecule has 5 aromatic rings. The van der Waals surface area contributed by atoms with E-state index in [9.17, 15) is 5.11 Å². The predicted molar refractivity (Wildman–Crippen MR) is 128 cm³/mol. The quantitative estimate of drug-likeness (QED) is 0.306. The lowest BCUT2D eigenvalue weighted by Crippen LogP contribution is -2.02. The van der Waals surface area contributed by atoms with Crippen LogP contribution in [0.3, 0.4) is 0 Å². The summed E-state index contributed by atoms with van der Waals surface area (Å²) in [5, 5.41) is 11.7. The largest absolute Gasteiger partial charge is 0.494 e. The molecule has 0 bridgehead atoms. The van der Waals surface area contributed by atoms with Crippen molar-refractivity contribution in [1.82, 2.24) is 14.5 Å². The van der Waals surface area contributed by atoms with E-state index >= 15 is 0 Å². The number of fused-ring (bicyclic) bond motifs is 1. The maximum absolute atomic E-state index is 10.8. The number of hydrogen-bond donors (Lipinski definition) is 2. The third kappa shape index (κ3) is 3.66. The van der Waals surface area contributed by atoms with E-state index in [0.717, 1.165) is 38.0 Å². The molecule has 2 aromatic heterocycles. The topological polar surface area (TPSA) is 66.2 Å². The number of H-pyrrole nitrogens is 1. The van der Waals surface area contributed by atoms with Crippen LogP contribution in [0.15, 0.2) is 94.7 Å². The van der Waals surface area contributed by atoms with Crippen molar-refractivity contribution in [3.63, 3.8) is 0 Å². The fourth-order valence-electron chi connectivity index (χ4n) is 3.71. The van der Waals surface area contributed by atoms with Crippen LogP contribution in [0.25, 0.3) is 22.3 Å². The molecule has 0 fully saturated rings. The molecule has 0 aliphatic carbocycles. The summed E-state index contributed by atoms with van der Waals surface area (Å²) < 4.78 is 2.92. The zero-order valence-corrected chi connectivity index (χ0v) is 18.3. The molecule has 0 aliphatic rings. The third-order valence-corrected chi connectivity index (χ3v) is 5.71. The zero-order valence-electron chi connectivity index (χ0n) is 16.7. The van der Waals surface area contributed by atoms with Gasteiger partial charge in [-0.3, -0.25) is 0 Å². The SMILES string of the molecule is Cn1ccnc1-c1ccc(N=C(c2ccccc2)c2c(O)[nH]c3cc(Br)ccc23)cc1. The Labute approximate surface area is 187 Å². The smallest absolute Gasteiger partial charge is 0.199 e. The summed E-state index contributed by atoms with van der Waals surface area (Å²) in [6.07, 6.45) is 3.71. The lowest BCUT2D eigenvalue weighted by Gasteiger charge is -2.08. The Bertz CT molecular complexity index is 1400. The van der Waals surface area contributed by atoms with Crippen molar-refractivity contribution in [3.8, 4) is 17.3 Å². The Hall–Kier alpha value is -3.64. The highest BCUT2D eigenvalue weighted by atomic mass is 79.9. The number of aromatic hydroxyl groups is 1. The Kier molecular flexibility index (Phi) is 4.92. The number of aryl methyl sites for hydroxylation is 1. The number of aromatic nitrogens is 3. The number of aliphatic imine (C=N–C) groups is 1. The van der Waals surface area contributed by atoms with Gasteiger partial charge in [-0.1, -0.05) is 52.3 Å². The summed E-state index contributed by atoms with van der Waals surface area (Å²) in [4.78, 5) is 12.4. The van der Waals surface area contributed by atoms with Gasteiger partial charge in [-0.15, -0.1) is 0 Å². The van der Waals surface area contributed by atoms with E-state index in [1.165, 1.54) is 0 Å². The normalized spacial score (nSPS) is 11.9. The van der Waals surface area contributed by atoms with Gasteiger partial charge in [-0.05, 0) is 36.4 Å². The molecule has 0 radical (unpaired) electrons. The van der Waals surface area contributed by atoms with E-state index in [2.05, 4.69) is 25.9 Å². The van der Waals surface area contributed by atoms with Crippen LogP contribution >= 0.6 is 15.9 Å². The lowest BCUT2D eigenvalue weighted by molar-refractivity contribution is 0.457. The number of imidazole rings is 1. The van der Waals surface area contributed by atoms with Crippen LogP contribution in [0.4, 0.5) is 5.69 Å². The molecule has 6 heteroatoms. The highest BCUT2D eigenvalue weighted by molar-refractivity contribution is 9.10. The van der Waals surface area contributed by atoms with Gasteiger partial charge in [0.25, 0.3) is 0 Å². The van der Waals surface area contributed by atoms with Gasteiger partial charge in [0, 0.05) is 40.4 Å². The van der Waals surface area contributed by atoms with Gasteiger partial charge in [-0.2, -0.15) is 0 Å². The van der Waals surface area contributed by atoms with Crippen molar-refractivity contribution in [1.29, 1.82) is 0 Å². The highest BCUT2D eigenvalue weighted by Crippen LogP contribution is 2.33. The first-order valence-corrected chi connectivity index (χ1v) is 10.6. The van der Waals surface area contributed by atoms with Crippen molar-refractivity contribution in [2.45, 2.75) is 0 Å². The van der Waals surface area contributed by atoms with Crippen LogP contribution in [-0.4, -0.2) is 25.4 Å². The number of hydrogen-bond acceptors (Lipinski definition) is 3. The molecule has 152 valence electrons. The van der Waals surface area contributed by atoms with Crippen LogP contribution in [0.2, 0.25) is 0 Å². The summed E-state index contributed by atoms with van der Waals surface area (Å²) in [6, 6.07) is 23.7. The van der Waals surface area contributed by atoms with Crippen molar-refractivity contribution in [2.75, 3.05) is 0 Å². The van der Waals surface area contributed by atoms with Crippen LogP contribution in [0.1, 0.15) is 11.1 Å². The van der Waals surface area contributed by atoms with Crippen molar-refractivity contribution >= 4 is 38.2 Å². The predicted octanol–water partition coefficient (Wildman–Crippen LogP) is 6.21. The number of benzene rings is 3. The van der Waals surface area contributed by atoms with E-state index in [-0.39, 0.29) is 5.88 Å². The van der Waals surface area contributed by atoms with Crippen molar-refractivity contribution < 1.29 is 5.11 Å². The van der Waals surface area contributed by atoms with Crippen molar-refractivity contribution in [2.24, 2.45) is 12.0 Å². The number of rotatable bonds is 4. The molecule has 2 heterocycles. The average Bonchev–Trinajstić information content (AvgIpc) is 3.35. The van der Waals surface area contributed by atoms with E-state index in [0.29, 0.717) is 11.3 Å². The van der Waals surface area contributed by atoms with Crippen LogP contribution in [0, 0.1) is 0 Å². The molecule has 0 aliphatic heterocycles. The standard InChI is InChI=1S/C25H19BrN4O/c1-30-14-13-27-24(30)17-7-10-19(11-8-17)28-23(16-5-3-2-4-6-16)22-20-12-9-18(26)15-21(20)29-25(22)31/h2-15,29,31H,1H3. The second-order valence-electron chi connectivity index (χ2n) is 7.27. The number of nitrogens with zero attached hydrogens (tertiary/aromatic N) is 3. The zero-order chi connectivity index (χ0) is 21.4. The maximum Gasteiger partial charge on any atom is 0.199 e. The van der Waals surface area contributed by atoms with Gasteiger partial charge in [0.2, 0.25) is 0 Å². The summed E-state index contributed by atoms with van der Waals surface area (Å²) >= 11 is 3.49. The molecule has 0 atom stereocenters. The fraction of sp³-hybridized carbons (Fsp3) is 0.0400. The van der Waals surface area contributed by atoms with Crippen LogP contribution in [-0.2, 0) is 7.05 Å². The molecule has 3 aromatic carbocycles. The molecular weight excluding hydrogens is 452 g/mol. The minimum atomic E-state index is 0.0975. The van der Waals surface area contributed by atoms with E-state index in [4.69, 9.17) is 4.99 Å². The molecule has 5 nitrogen and oxygen atoms in total. The molecule has 0 saturated heterocycles. The van der Waals surface area contributed by atoms with Gasteiger partial charge in [0.15, 0.2) is 5.88 Å². The number of aromatic amines is 1. The lowest BCUT2D eigenvalue weighted by atomic mass is 10.0. The molecular formula is C25H19BrN4O. The summed E-state index contributed by atoms with van der Waals surface area (Å²) in [7, 11) is 1.97. The van der Waals surface area contributed by atoms with Gasteiger partial charge in [0.1, 0.15) is 5.82 Å². The first kappa shape index (κ1) is 19.3. The first-order valence-electron chi connectivity index (χ1n) is 9.82. The minimum Gasteiger partial charge on any atom is -0.494 e. The molecule has 0 saturated carbocycles. The van der Waals surface area contributed by atoms with Gasteiger partial charge in [-0.25, -0.2) is 9.98 Å². The Balaban J connectivity index is 1.66. The Morgan fingerprint density at radius 2 is 1.81 bits per heavy atom. The van der Waals surface area contributed by atoms with Crippen molar-refractivity contribution in [3.05, 3.63) is 101 Å².